The minimum atomic E-state index is -0.177. The van der Waals surface area contributed by atoms with E-state index in [0.717, 1.165) is 20.6 Å². The maximum absolute atomic E-state index is 12.6. The molecule has 0 radical (unpaired) electrons. The molecule has 0 aliphatic rings. The van der Waals surface area contributed by atoms with E-state index in [1.807, 2.05) is 36.4 Å². The maximum atomic E-state index is 12.6. The fourth-order valence-electron chi connectivity index (χ4n) is 2.31. The van der Waals surface area contributed by atoms with E-state index in [4.69, 9.17) is 5.26 Å². The monoisotopic (exact) mass is 426 g/mol. The Labute approximate surface area is 176 Å². The molecular formula is C20H18N4OS3. The van der Waals surface area contributed by atoms with Crippen LogP contribution in [0, 0.1) is 11.3 Å². The van der Waals surface area contributed by atoms with Gasteiger partial charge >= 0.3 is 0 Å². The molecule has 1 N–H and O–H groups in total. The van der Waals surface area contributed by atoms with Crippen molar-refractivity contribution in [3.05, 3.63) is 65.2 Å². The molecule has 5 nitrogen and oxygen atoms in total. The fourth-order valence-corrected chi connectivity index (χ4v) is 4.97. The van der Waals surface area contributed by atoms with Gasteiger partial charge in [-0.25, -0.2) is 0 Å². The van der Waals surface area contributed by atoms with Crippen LogP contribution in [0.2, 0.25) is 0 Å². The van der Waals surface area contributed by atoms with E-state index in [2.05, 4.69) is 35.4 Å². The zero-order valence-electron chi connectivity index (χ0n) is 15.4. The molecule has 0 saturated carbocycles. The van der Waals surface area contributed by atoms with Crippen molar-refractivity contribution in [2.24, 2.45) is 0 Å². The molecule has 1 heterocycles. The van der Waals surface area contributed by atoms with Gasteiger partial charge in [-0.1, -0.05) is 61.2 Å². The van der Waals surface area contributed by atoms with Crippen LogP contribution in [-0.2, 0) is 5.75 Å². The topological polar surface area (TPSA) is 78.7 Å². The average Bonchev–Trinajstić information content (AvgIpc) is 3.14. The molecule has 0 aliphatic carbocycles. The number of nitrogens with one attached hydrogen (secondary N) is 1. The van der Waals surface area contributed by atoms with Crippen molar-refractivity contribution in [1.82, 2.24) is 10.2 Å². The van der Waals surface area contributed by atoms with Gasteiger partial charge in [-0.2, -0.15) is 5.26 Å². The third-order valence-corrected chi connectivity index (χ3v) is 6.69. The van der Waals surface area contributed by atoms with Crippen LogP contribution in [0.1, 0.15) is 35.3 Å². The molecule has 0 saturated heterocycles. The number of nitrogens with zero attached hydrogens (tertiary/aromatic N) is 3. The largest absolute Gasteiger partial charge is 0.296 e. The predicted octanol–water partition coefficient (Wildman–Crippen LogP) is 5.45. The first kappa shape index (κ1) is 20.4. The quantitative estimate of drug-likeness (QED) is 0.399. The van der Waals surface area contributed by atoms with Crippen molar-refractivity contribution >= 4 is 45.9 Å². The van der Waals surface area contributed by atoms with Crippen LogP contribution in [0.5, 0.6) is 0 Å². The third kappa shape index (κ3) is 5.58. The van der Waals surface area contributed by atoms with Crippen molar-refractivity contribution in [3.63, 3.8) is 0 Å². The average molecular weight is 427 g/mol. The van der Waals surface area contributed by atoms with Gasteiger partial charge in [-0.15, -0.1) is 22.0 Å². The highest BCUT2D eigenvalue weighted by Gasteiger charge is 2.15. The van der Waals surface area contributed by atoms with Crippen LogP contribution >= 0.6 is 34.9 Å². The summed E-state index contributed by atoms with van der Waals surface area (Å²) in [5.41, 5.74) is 2.39. The van der Waals surface area contributed by atoms with Crippen LogP contribution in [0.3, 0.4) is 0 Å². The number of carbonyl (C=O) groups is 1. The summed E-state index contributed by atoms with van der Waals surface area (Å²) < 4.78 is 0.782. The van der Waals surface area contributed by atoms with Gasteiger partial charge in [-0.05, 0) is 29.8 Å². The molecule has 0 bridgehead atoms. The van der Waals surface area contributed by atoms with E-state index in [1.165, 1.54) is 11.3 Å². The van der Waals surface area contributed by atoms with Crippen molar-refractivity contribution in [3.8, 4) is 6.07 Å². The SMILES string of the molecule is CC(C)Sc1ccccc1C(=O)Nc1nnc(SCc2ccc(C#N)cc2)s1. The van der Waals surface area contributed by atoms with Gasteiger partial charge in [0, 0.05) is 15.9 Å². The normalized spacial score (nSPS) is 10.6. The van der Waals surface area contributed by atoms with E-state index < -0.39 is 0 Å². The number of hydrogen-bond donors (Lipinski definition) is 1. The molecular weight excluding hydrogens is 408 g/mol. The van der Waals surface area contributed by atoms with Gasteiger partial charge < -0.3 is 0 Å². The maximum Gasteiger partial charge on any atom is 0.258 e. The van der Waals surface area contributed by atoms with Gasteiger partial charge in [0.05, 0.1) is 17.2 Å². The molecule has 1 aromatic heterocycles. The number of benzene rings is 2. The van der Waals surface area contributed by atoms with Crippen molar-refractivity contribution in [2.75, 3.05) is 5.32 Å². The van der Waals surface area contributed by atoms with Crippen LogP contribution in [0.15, 0.2) is 57.8 Å². The molecule has 3 rings (SSSR count). The summed E-state index contributed by atoms with van der Waals surface area (Å²) >= 11 is 4.56. The Balaban J connectivity index is 1.61. The zero-order valence-corrected chi connectivity index (χ0v) is 17.8. The smallest absolute Gasteiger partial charge is 0.258 e. The second kappa shape index (κ2) is 9.73. The molecule has 8 heteroatoms. The van der Waals surface area contributed by atoms with E-state index in [9.17, 15) is 4.79 Å². The van der Waals surface area contributed by atoms with Crippen molar-refractivity contribution in [1.29, 1.82) is 5.26 Å². The van der Waals surface area contributed by atoms with Gasteiger partial charge in [0.25, 0.3) is 5.91 Å². The van der Waals surface area contributed by atoms with E-state index in [1.54, 1.807) is 35.7 Å². The number of anilines is 1. The Morgan fingerprint density at radius 3 is 2.64 bits per heavy atom. The summed E-state index contributed by atoms with van der Waals surface area (Å²) in [7, 11) is 0. The number of aromatic nitrogens is 2. The molecule has 0 aliphatic heterocycles. The highest BCUT2D eigenvalue weighted by atomic mass is 32.2. The summed E-state index contributed by atoms with van der Waals surface area (Å²) in [6.07, 6.45) is 0. The number of hydrogen-bond acceptors (Lipinski definition) is 7. The number of carbonyl (C=O) groups excluding carboxylic acids is 1. The summed E-state index contributed by atoms with van der Waals surface area (Å²) in [6.45, 7) is 4.20. The Morgan fingerprint density at radius 1 is 1.18 bits per heavy atom. The lowest BCUT2D eigenvalue weighted by atomic mass is 10.2. The Kier molecular flexibility index (Phi) is 7.09. The predicted molar refractivity (Wildman–Crippen MR) is 116 cm³/mol. The third-order valence-electron chi connectivity index (χ3n) is 3.57. The molecule has 28 heavy (non-hydrogen) atoms. The second-order valence-electron chi connectivity index (χ2n) is 6.09. The molecule has 2 aromatic carbocycles. The number of nitriles is 1. The Morgan fingerprint density at radius 2 is 1.93 bits per heavy atom. The highest BCUT2D eigenvalue weighted by Crippen LogP contribution is 2.30. The van der Waals surface area contributed by atoms with Gasteiger partial charge in [0.15, 0.2) is 4.34 Å². The molecule has 1 amide bonds. The van der Waals surface area contributed by atoms with Crippen LogP contribution in [0.25, 0.3) is 0 Å². The minimum absolute atomic E-state index is 0.177. The lowest BCUT2D eigenvalue weighted by Crippen LogP contribution is -2.13. The lowest BCUT2D eigenvalue weighted by Gasteiger charge is -2.10. The van der Waals surface area contributed by atoms with Gasteiger partial charge in [-0.3, -0.25) is 10.1 Å². The minimum Gasteiger partial charge on any atom is -0.296 e. The molecule has 0 unspecified atom stereocenters. The van der Waals surface area contributed by atoms with Crippen LogP contribution in [0.4, 0.5) is 5.13 Å². The zero-order chi connectivity index (χ0) is 19.9. The van der Waals surface area contributed by atoms with Gasteiger partial charge in [0.2, 0.25) is 5.13 Å². The van der Waals surface area contributed by atoms with Crippen LogP contribution in [-0.4, -0.2) is 21.4 Å². The molecule has 0 atom stereocenters. The summed E-state index contributed by atoms with van der Waals surface area (Å²) in [5, 5.41) is 20.8. The molecule has 0 spiro atoms. The van der Waals surface area contributed by atoms with Crippen LogP contribution < -0.4 is 5.32 Å². The first-order valence-electron chi connectivity index (χ1n) is 8.57. The molecule has 0 fully saturated rings. The van der Waals surface area contributed by atoms with Crippen molar-refractivity contribution < 1.29 is 4.79 Å². The molecule has 3 aromatic rings. The number of amides is 1. The van der Waals surface area contributed by atoms with E-state index in [-0.39, 0.29) is 5.91 Å². The van der Waals surface area contributed by atoms with Crippen molar-refractivity contribution in [2.45, 2.75) is 34.1 Å². The number of rotatable bonds is 7. The Bertz CT molecular complexity index is 993. The fraction of sp³-hybridized carbons (Fsp3) is 0.200. The summed E-state index contributed by atoms with van der Waals surface area (Å²) in [5.74, 6) is 0.547. The summed E-state index contributed by atoms with van der Waals surface area (Å²) in [6, 6.07) is 17.1. The Hall–Kier alpha value is -2.34. The standard InChI is InChI=1S/C20H18N4OS3/c1-13(2)27-17-6-4-3-5-16(17)18(25)22-19-23-24-20(28-19)26-12-15-9-7-14(11-21)8-10-15/h3-10,13H,12H2,1-2H3,(H,22,23,25). The first-order chi connectivity index (χ1) is 13.5. The van der Waals surface area contributed by atoms with Gasteiger partial charge in [0.1, 0.15) is 0 Å². The molecule has 142 valence electrons. The first-order valence-corrected chi connectivity index (χ1v) is 11.3. The van der Waals surface area contributed by atoms with E-state index >= 15 is 0 Å². The van der Waals surface area contributed by atoms with E-state index in [0.29, 0.717) is 21.5 Å². The number of thioether (sulfide) groups is 2. The highest BCUT2D eigenvalue weighted by molar-refractivity contribution is 8.00. The summed E-state index contributed by atoms with van der Waals surface area (Å²) in [4.78, 5) is 13.6. The second-order valence-corrected chi connectivity index (χ2v) is 9.91. The lowest BCUT2D eigenvalue weighted by molar-refractivity contribution is 0.102.